The summed E-state index contributed by atoms with van der Waals surface area (Å²) in [4.78, 5) is 4.86. The first-order valence-electron chi connectivity index (χ1n) is 10.1. The van der Waals surface area contributed by atoms with Crippen molar-refractivity contribution in [2.75, 3.05) is 13.2 Å². The summed E-state index contributed by atoms with van der Waals surface area (Å²) in [6, 6.07) is 23.0. The topological polar surface area (TPSA) is 36.3 Å². The van der Waals surface area contributed by atoms with Crippen LogP contribution in [0.4, 0.5) is 0 Å². The maximum absolute atomic E-state index is 6.02. The number of rotatable bonds is 6. The Balaban J connectivity index is 1.29. The molecule has 0 radical (unpaired) electrons. The number of ether oxygens (including phenoxy) is 2. The Morgan fingerprint density at radius 1 is 1.00 bits per heavy atom. The van der Waals surface area contributed by atoms with E-state index in [0.29, 0.717) is 6.61 Å². The second kappa shape index (κ2) is 7.64. The lowest BCUT2D eigenvalue weighted by atomic mass is 10.1. The van der Waals surface area contributed by atoms with E-state index < -0.39 is 0 Å². The maximum atomic E-state index is 6.02. The van der Waals surface area contributed by atoms with Crippen molar-refractivity contribution in [2.24, 2.45) is 0 Å². The molecular formula is C24H24N2O2. The third kappa shape index (κ3) is 3.36. The number of benzene rings is 3. The monoisotopic (exact) mass is 372 g/mol. The minimum absolute atomic E-state index is 0.119. The molecule has 0 bridgehead atoms. The average Bonchev–Trinajstić information content (AvgIpc) is 3.39. The second-order valence-electron chi connectivity index (χ2n) is 7.32. The van der Waals surface area contributed by atoms with Gasteiger partial charge < -0.3 is 14.0 Å². The van der Waals surface area contributed by atoms with E-state index >= 15 is 0 Å². The lowest BCUT2D eigenvalue weighted by molar-refractivity contribution is 0.102. The van der Waals surface area contributed by atoms with Crippen molar-refractivity contribution in [3.8, 4) is 5.75 Å². The highest BCUT2D eigenvalue weighted by Gasteiger charge is 2.24. The zero-order valence-corrected chi connectivity index (χ0v) is 15.9. The largest absolute Gasteiger partial charge is 0.494 e. The molecule has 0 saturated carbocycles. The van der Waals surface area contributed by atoms with E-state index in [1.165, 1.54) is 16.3 Å². The van der Waals surface area contributed by atoms with Gasteiger partial charge >= 0.3 is 0 Å². The SMILES string of the molecule is c1ccc2cc(OCCCn3c(C4CCCO4)nc4ccccc43)ccc2c1. The summed E-state index contributed by atoms with van der Waals surface area (Å²) in [6.07, 6.45) is 3.21. The molecule has 1 aliphatic rings. The molecule has 1 aromatic heterocycles. The number of aryl methyl sites for hydroxylation is 1. The quantitative estimate of drug-likeness (QED) is 0.419. The smallest absolute Gasteiger partial charge is 0.139 e. The van der Waals surface area contributed by atoms with Crippen LogP contribution < -0.4 is 4.74 Å². The van der Waals surface area contributed by atoms with Gasteiger partial charge in [-0.15, -0.1) is 0 Å². The maximum Gasteiger partial charge on any atom is 0.139 e. The first-order valence-corrected chi connectivity index (χ1v) is 10.1. The van der Waals surface area contributed by atoms with Gasteiger partial charge in [0.2, 0.25) is 0 Å². The first-order chi connectivity index (χ1) is 13.9. The van der Waals surface area contributed by atoms with Gasteiger partial charge in [0.1, 0.15) is 17.7 Å². The van der Waals surface area contributed by atoms with Crippen LogP contribution in [0.15, 0.2) is 66.7 Å². The van der Waals surface area contributed by atoms with Crippen LogP contribution in [0.5, 0.6) is 5.75 Å². The summed E-state index contributed by atoms with van der Waals surface area (Å²) < 4.78 is 14.3. The number of para-hydroxylation sites is 2. The predicted molar refractivity (Wildman–Crippen MR) is 112 cm³/mol. The third-order valence-corrected chi connectivity index (χ3v) is 5.42. The van der Waals surface area contributed by atoms with Crippen molar-refractivity contribution < 1.29 is 9.47 Å². The van der Waals surface area contributed by atoms with Gasteiger partial charge in [0.15, 0.2) is 0 Å². The lowest BCUT2D eigenvalue weighted by Crippen LogP contribution is -2.11. The van der Waals surface area contributed by atoms with Crippen LogP contribution in [-0.4, -0.2) is 22.8 Å². The minimum atomic E-state index is 0.119. The lowest BCUT2D eigenvalue weighted by Gasteiger charge is -2.14. The Morgan fingerprint density at radius 2 is 1.86 bits per heavy atom. The Morgan fingerprint density at radius 3 is 2.75 bits per heavy atom. The summed E-state index contributed by atoms with van der Waals surface area (Å²) in [6.45, 7) is 2.39. The molecule has 0 aliphatic carbocycles. The van der Waals surface area contributed by atoms with Gasteiger partial charge in [-0.2, -0.15) is 0 Å². The van der Waals surface area contributed by atoms with Crippen molar-refractivity contribution in [2.45, 2.75) is 31.9 Å². The van der Waals surface area contributed by atoms with E-state index in [2.05, 4.69) is 59.2 Å². The number of aromatic nitrogens is 2. The Kier molecular flexibility index (Phi) is 4.71. The van der Waals surface area contributed by atoms with E-state index in [0.717, 1.165) is 49.5 Å². The molecule has 4 nitrogen and oxygen atoms in total. The van der Waals surface area contributed by atoms with Gasteiger partial charge in [0, 0.05) is 13.2 Å². The zero-order valence-electron chi connectivity index (χ0n) is 15.9. The zero-order chi connectivity index (χ0) is 18.8. The molecule has 4 heteroatoms. The van der Waals surface area contributed by atoms with Gasteiger partial charge in [-0.25, -0.2) is 4.98 Å². The van der Waals surface area contributed by atoms with Crippen LogP contribution in [0.2, 0.25) is 0 Å². The summed E-state index contributed by atoms with van der Waals surface area (Å²) in [5.41, 5.74) is 2.22. The fourth-order valence-electron chi connectivity index (χ4n) is 4.03. The molecule has 0 N–H and O–H groups in total. The van der Waals surface area contributed by atoms with Crippen molar-refractivity contribution in [1.29, 1.82) is 0 Å². The molecule has 0 spiro atoms. The molecule has 5 rings (SSSR count). The van der Waals surface area contributed by atoms with Crippen LogP contribution in [0, 0.1) is 0 Å². The van der Waals surface area contributed by atoms with Crippen molar-refractivity contribution in [1.82, 2.24) is 9.55 Å². The summed E-state index contributed by atoms with van der Waals surface area (Å²) in [5.74, 6) is 1.98. The number of imidazole rings is 1. The van der Waals surface area contributed by atoms with Gasteiger partial charge in [-0.1, -0.05) is 42.5 Å². The number of nitrogens with zero attached hydrogens (tertiary/aromatic N) is 2. The molecule has 2 heterocycles. The van der Waals surface area contributed by atoms with Crippen LogP contribution in [0.25, 0.3) is 21.8 Å². The highest BCUT2D eigenvalue weighted by molar-refractivity contribution is 5.83. The van der Waals surface area contributed by atoms with Gasteiger partial charge in [-0.3, -0.25) is 0 Å². The highest BCUT2D eigenvalue weighted by atomic mass is 16.5. The molecule has 1 unspecified atom stereocenters. The summed E-state index contributed by atoms with van der Waals surface area (Å²) in [7, 11) is 0. The van der Waals surface area contributed by atoms with Gasteiger partial charge in [0.25, 0.3) is 0 Å². The Bertz CT molecular complexity index is 1100. The van der Waals surface area contributed by atoms with Crippen LogP contribution in [0.3, 0.4) is 0 Å². The number of hydrogen-bond acceptors (Lipinski definition) is 3. The fourth-order valence-corrected chi connectivity index (χ4v) is 4.03. The highest BCUT2D eigenvalue weighted by Crippen LogP contribution is 2.30. The fraction of sp³-hybridized carbons (Fsp3) is 0.292. The Hall–Kier alpha value is -2.85. The second-order valence-corrected chi connectivity index (χ2v) is 7.32. The van der Waals surface area contributed by atoms with Crippen LogP contribution in [-0.2, 0) is 11.3 Å². The van der Waals surface area contributed by atoms with Crippen molar-refractivity contribution >= 4 is 21.8 Å². The molecule has 4 aromatic rings. The molecule has 142 valence electrons. The minimum Gasteiger partial charge on any atom is -0.494 e. The summed E-state index contributed by atoms with van der Waals surface area (Å²) >= 11 is 0. The van der Waals surface area contributed by atoms with Crippen molar-refractivity contribution in [3.05, 3.63) is 72.6 Å². The molecule has 0 amide bonds. The number of fused-ring (bicyclic) bond motifs is 2. The van der Waals surface area contributed by atoms with E-state index in [9.17, 15) is 0 Å². The average molecular weight is 372 g/mol. The normalized spacial score (nSPS) is 16.8. The molecule has 1 aliphatic heterocycles. The molecule has 3 aromatic carbocycles. The van der Waals surface area contributed by atoms with Gasteiger partial charge in [0.05, 0.1) is 17.6 Å². The van der Waals surface area contributed by atoms with Crippen LogP contribution >= 0.6 is 0 Å². The first kappa shape index (κ1) is 17.3. The molecular weight excluding hydrogens is 348 g/mol. The Labute approximate surface area is 164 Å². The van der Waals surface area contributed by atoms with E-state index in [1.807, 2.05) is 12.1 Å². The molecule has 1 fully saturated rings. The van der Waals surface area contributed by atoms with E-state index in [1.54, 1.807) is 0 Å². The number of hydrogen-bond donors (Lipinski definition) is 0. The molecule has 1 atom stereocenters. The summed E-state index contributed by atoms with van der Waals surface area (Å²) in [5, 5.41) is 2.45. The van der Waals surface area contributed by atoms with Crippen LogP contribution in [0.1, 0.15) is 31.2 Å². The molecule has 28 heavy (non-hydrogen) atoms. The molecule has 1 saturated heterocycles. The van der Waals surface area contributed by atoms with E-state index in [-0.39, 0.29) is 6.10 Å². The van der Waals surface area contributed by atoms with Crippen molar-refractivity contribution in [3.63, 3.8) is 0 Å². The van der Waals surface area contributed by atoms with Gasteiger partial charge in [-0.05, 0) is 54.3 Å². The predicted octanol–water partition coefficient (Wildman–Crippen LogP) is 5.51. The standard InChI is InChI=1S/C24H24N2O2/c1-2-8-19-17-20(13-12-18(19)7-1)27-16-6-14-26-22-10-4-3-9-21(22)25-24(26)23-11-5-15-28-23/h1-4,7-10,12-13,17,23H,5-6,11,14-16H2. The van der Waals surface area contributed by atoms with E-state index in [4.69, 9.17) is 14.5 Å². The third-order valence-electron chi connectivity index (χ3n) is 5.42.